The van der Waals surface area contributed by atoms with Crippen LogP contribution in [0.3, 0.4) is 0 Å². The molecule has 0 unspecified atom stereocenters. The normalized spacial score (nSPS) is 17.7. The Morgan fingerprint density at radius 3 is 2.71 bits per heavy atom. The number of hydrogen-bond acceptors (Lipinski definition) is 8. The van der Waals surface area contributed by atoms with E-state index < -0.39 is 22.2 Å². The van der Waals surface area contributed by atoms with Crippen molar-refractivity contribution in [1.82, 2.24) is 4.98 Å². The lowest BCUT2D eigenvalue weighted by molar-refractivity contribution is -0.380. The fourth-order valence-electron chi connectivity index (χ4n) is 1.43. The number of aliphatic hydroxyl groups excluding tert-OH is 1. The van der Waals surface area contributed by atoms with Crippen molar-refractivity contribution in [3.63, 3.8) is 0 Å². The number of carbonyl (C=O) groups is 2. The second-order valence-corrected chi connectivity index (χ2v) is 4.89. The van der Waals surface area contributed by atoms with Gasteiger partial charge in [0.1, 0.15) is 11.5 Å². The molecular formula is C11H8N4O5S. The number of thiazole rings is 1. The molecule has 1 aliphatic carbocycles. The molecule has 2 N–H and O–H groups in total. The van der Waals surface area contributed by atoms with Crippen LogP contribution >= 0.6 is 11.3 Å². The van der Waals surface area contributed by atoms with Crippen LogP contribution in [0, 0.1) is 10.1 Å². The molecule has 1 aromatic rings. The Kier molecular flexibility index (Phi) is 3.89. The Morgan fingerprint density at radius 1 is 1.43 bits per heavy atom. The first-order valence-corrected chi connectivity index (χ1v) is 6.32. The molecule has 0 aliphatic heterocycles. The van der Waals surface area contributed by atoms with E-state index in [0.717, 1.165) is 29.7 Å². The van der Waals surface area contributed by atoms with Crippen molar-refractivity contribution in [3.05, 3.63) is 44.6 Å². The Labute approximate surface area is 120 Å². The van der Waals surface area contributed by atoms with Gasteiger partial charge in [0.05, 0.1) is 16.7 Å². The first-order chi connectivity index (χ1) is 9.88. The van der Waals surface area contributed by atoms with Gasteiger partial charge in [-0.3, -0.25) is 19.7 Å². The molecular weight excluding hydrogens is 300 g/mol. The van der Waals surface area contributed by atoms with Crippen LogP contribution in [0.1, 0.15) is 6.92 Å². The number of aliphatic hydroxyl groups is 1. The Morgan fingerprint density at radius 2 is 2.14 bits per heavy atom. The fraction of sp³-hybridized carbons (Fsp3) is 0.0909. The third-order valence-corrected chi connectivity index (χ3v) is 3.27. The van der Waals surface area contributed by atoms with Gasteiger partial charge in [-0.25, -0.2) is 0 Å². The van der Waals surface area contributed by atoms with Gasteiger partial charge in [-0.15, -0.1) is 10.2 Å². The molecule has 1 aromatic heterocycles. The quantitative estimate of drug-likeness (QED) is 0.368. The first kappa shape index (κ1) is 14.5. The van der Waals surface area contributed by atoms with E-state index >= 15 is 0 Å². The highest BCUT2D eigenvalue weighted by Crippen LogP contribution is 2.13. The van der Waals surface area contributed by atoms with Crippen molar-refractivity contribution in [2.75, 3.05) is 0 Å². The highest BCUT2D eigenvalue weighted by atomic mass is 32.1. The number of hydrogen-bond donors (Lipinski definition) is 2. The van der Waals surface area contributed by atoms with Crippen molar-refractivity contribution in [2.24, 2.45) is 10.2 Å². The summed E-state index contributed by atoms with van der Waals surface area (Å²) in [4.78, 5) is 35.3. The number of rotatable bonds is 3. The summed E-state index contributed by atoms with van der Waals surface area (Å²) in [6, 6.07) is 0. The predicted molar refractivity (Wildman–Crippen MR) is 72.8 cm³/mol. The number of nitrogens with one attached hydrogen (secondary N) is 1. The van der Waals surface area contributed by atoms with Crippen molar-refractivity contribution in [1.29, 1.82) is 0 Å². The Hall–Kier alpha value is -2.88. The lowest BCUT2D eigenvalue weighted by Crippen LogP contribution is -2.17. The van der Waals surface area contributed by atoms with Crippen LogP contribution in [0.2, 0.25) is 0 Å². The fourth-order valence-corrected chi connectivity index (χ4v) is 2.02. The molecule has 2 rings (SSSR count). The third-order valence-electron chi connectivity index (χ3n) is 2.40. The molecule has 9 nitrogen and oxygen atoms in total. The lowest BCUT2D eigenvalue weighted by atomic mass is 9.99. The monoisotopic (exact) mass is 308 g/mol. The smallest absolute Gasteiger partial charge is 0.343 e. The first-order valence-electron chi connectivity index (χ1n) is 5.51. The lowest BCUT2D eigenvalue weighted by Gasteiger charge is -2.07. The summed E-state index contributed by atoms with van der Waals surface area (Å²) in [6.45, 7) is 1.21. The van der Waals surface area contributed by atoms with Crippen molar-refractivity contribution in [3.8, 4) is 0 Å². The molecule has 0 aromatic carbocycles. The minimum absolute atomic E-state index is 0.0794. The van der Waals surface area contributed by atoms with Crippen LogP contribution in [0.5, 0.6) is 0 Å². The highest BCUT2D eigenvalue weighted by molar-refractivity contribution is 7.12. The second-order valence-electron chi connectivity index (χ2n) is 3.88. The standard InChI is InChI=1S/C11H8N4O5S/c1-5(16)6-2-7(9(18)3-8(6)17)13-14-11-12-4-10(21-11)15(19)20/h2-4,18H,1H3,(H,12,14)/b13-7+. The van der Waals surface area contributed by atoms with E-state index in [1.165, 1.54) is 6.92 Å². The van der Waals surface area contributed by atoms with Crippen LogP contribution in [0.4, 0.5) is 5.00 Å². The molecule has 1 aliphatic rings. The largest absolute Gasteiger partial charge is 0.505 e. The summed E-state index contributed by atoms with van der Waals surface area (Å²) in [5.41, 5.74) is -0.202. The number of ketones is 2. The molecule has 0 saturated heterocycles. The Bertz CT molecular complexity index is 796. The maximum Gasteiger partial charge on any atom is 0.343 e. The number of aromatic nitrogens is 1. The van der Waals surface area contributed by atoms with Gasteiger partial charge in [0.25, 0.3) is 0 Å². The molecule has 1 heterocycles. The third kappa shape index (κ3) is 3.17. The average Bonchev–Trinajstić information content (AvgIpc) is 2.86. The summed E-state index contributed by atoms with van der Waals surface area (Å²) in [5, 5.41) is 27.3. The van der Waals surface area contributed by atoms with Gasteiger partial charge in [-0.2, -0.15) is 0 Å². The summed E-state index contributed by atoms with van der Waals surface area (Å²) in [5.74, 6) is -1.51. The van der Waals surface area contributed by atoms with E-state index in [1.807, 2.05) is 0 Å². The number of nitrogens with zero attached hydrogens (tertiary/aromatic N) is 3. The van der Waals surface area contributed by atoms with E-state index in [4.69, 9.17) is 0 Å². The van der Waals surface area contributed by atoms with E-state index in [2.05, 4.69) is 15.2 Å². The Balaban J connectivity index is 2.39. The van der Waals surface area contributed by atoms with Gasteiger partial charge in [-0.05, 0) is 24.3 Å². The van der Waals surface area contributed by atoms with E-state index in [-0.39, 0.29) is 21.1 Å². The minimum Gasteiger partial charge on any atom is -0.505 e. The SMILES string of the molecule is CC(=O)C1=C/C(=N\N=c2/[nH]cc([N+](=O)[O-])s2)C(O)=CC1=O. The number of Topliss-reactive ketones (excluding diaryl/α,β-unsaturated/α-hetero) is 1. The van der Waals surface area contributed by atoms with Crippen molar-refractivity contribution in [2.45, 2.75) is 6.92 Å². The van der Waals surface area contributed by atoms with Gasteiger partial charge < -0.3 is 10.1 Å². The molecule has 21 heavy (non-hydrogen) atoms. The van der Waals surface area contributed by atoms with E-state index in [0.29, 0.717) is 0 Å². The zero-order valence-corrected chi connectivity index (χ0v) is 11.4. The average molecular weight is 308 g/mol. The van der Waals surface area contributed by atoms with Crippen LogP contribution in [0.25, 0.3) is 0 Å². The van der Waals surface area contributed by atoms with E-state index in [9.17, 15) is 24.8 Å². The maximum atomic E-state index is 11.5. The van der Waals surface area contributed by atoms with Crippen LogP contribution in [-0.4, -0.2) is 32.3 Å². The summed E-state index contributed by atoms with van der Waals surface area (Å²) in [7, 11) is 0. The summed E-state index contributed by atoms with van der Waals surface area (Å²) in [6.07, 6.45) is 3.14. The van der Waals surface area contributed by atoms with E-state index in [1.54, 1.807) is 0 Å². The molecule has 0 bridgehead atoms. The number of carbonyl (C=O) groups excluding carboxylic acids is 2. The van der Waals surface area contributed by atoms with Crippen LogP contribution < -0.4 is 4.80 Å². The van der Waals surface area contributed by atoms with Gasteiger partial charge >= 0.3 is 5.00 Å². The predicted octanol–water partition coefficient (Wildman–Crippen LogP) is 0.781. The molecule has 10 heteroatoms. The molecule has 0 atom stereocenters. The van der Waals surface area contributed by atoms with Crippen molar-refractivity contribution < 1.29 is 19.6 Å². The zero-order valence-electron chi connectivity index (χ0n) is 10.6. The van der Waals surface area contributed by atoms with Gasteiger partial charge in [0.2, 0.25) is 4.80 Å². The topological polar surface area (TPSA) is 138 Å². The van der Waals surface area contributed by atoms with Crippen LogP contribution in [-0.2, 0) is 9.59 Å². The van der Waals surface area contributed by atoms with Gasteiger partial charge in [-0.1, -0.05) is 0 Å². The second kappa shape index (κ2) is 5.63. The molecule has 0 spiro atoms. The molecule has 0 amide bonds. The summed E-state index contributed by atoms with van der Waals surface area (Å²) < 4.78 is 0. The highest BCUT2D eigenvalue weighted by Gasteiger charge is 2.21. The van der Waals surface area contributed by atoms with Crippen LogP contribution in [0.15, 0.2) is 39.9 Å². The van der Waals surface area contributed by atoms with Gasteiger partial charge in [0, 0.05) is 6.08 Å². The molecule has 108 valence electrons. The van der Waals surface area contributed by atoms with Crippen molar-refractivity contribution >= 4 is 33.6 Å². The number of allylic oxidation sites excluding steroid dienone is 3. The van der Waals surface area contributed by atoms with Gasteiger partial charge in [0.15, 0.2) is 11.6 Å². The summed E-state index contributed by atoms with van der Waals surface area (Å²) >= 11 is 0.754. The molecule has 0 saturated carbocycles. The zero-order chi connectivity index (χ0) is 15.6. The number of H-pyrrole nitrogens is 1. The minimum atomic E-state index is -0.614. The molecule has 0 fully saturated rings. The molecule has 0 radical (unpaired) electrons. The number of aromatic amines is 1. The number of nitro groups is 1. The maximum absolute atomic E-state index is 11.5.